The second-order valence-corrected chi connectivity index (χ2v) is 13.0. The van der Waals surface area contributed by atoms with E-state index < -0.39 is 12.0 Å². The van der Waals surface area contributed by atoms with Crippen LogP contribution in [0.4, 0.5) is 0 Å². The standard InChI is InChI=1S/C33H29Br2ClN2O6S/c1-5-42-27-16-22(34)21(15-26(27)41-4)30-29(32(40)43-6-2)18(3)37-33-38(30)31(39)28(45-33)14-19-11-12-25(23(35)13-19)44-17-20-9-7-8-10-24(20)36/h7-16,30H,5-6,17H2,1-4H3/b28-14+/t30-/m1/s1. The normalized spacial score (nSPS) is 14.6. The molecule has 8 nitrogen and oxygen atoms in total. The molecule has 0 aliphatic carbocycles. The summed E-state index contributed by atoms with van der Waals surface area (Å²) in [6, 6.07) is 15.8. The average Bonchev–Trinajstić information content (AvgIpc) is 3.31. The van der Waals surface area contributed by atoms with Gasteiger partial charge in [0.1, 0.15) is 12.4 Å². The first-order valence-electron chi connectivity index (χ1n) is 14.0. The summed E-state index contributed by atoms with van der Waals surface area (Å²) < 4.78 is 26.1. The van der Waals surface area contributed by atoms with Gasteiger partial charge in [0.05, 0.1) is 46.6 Å². The molecule has 12 heteroatoms. The number of carbonyl (C=O) groups is 1. The van der Waals surface area contributed by atoms with E-state index in [9.17, 15) is 9.59 Å². The molecule has 0 unspecified atom stereocenters. The second-order valence-electron chi connectivity index (χ2n) is 9.83. The molecular weight excluding hydrogens is 748 g/mol. The Bertz CT molecular complexity index is 1990. The molecule has 0 amide bonds. The number of allylic oxidation sites excluding steroid dienone is 1. The number of carbonyl (C=O) groups excluding carboxylic acids is 1. The Morgan fingerprint density at radius 1 is 1.02 bits per heavy atom. The lowest BCUT2D eigenvalue weighted by Crippen LogP contribution is -2.40. The van der Waals surface area contributed by atoms with Crippen molar-refractivity contribution in [3.8, 4) is 17.2 Å². The first-order valence-corrected chi connectivity index (χ1v) is 16.8. The summed E-state index contributed by atoms with van der Waals surface area (Å²) in [7, 11) is 1.54. The van der Waals surface area contributed by atoms with Crippen LogP contribution in [0.3, 0.4) is 0 Å². The fourth-order valence-corrected chi connectivity index (χ4v) is 7.21. The maximum Gasteiger partial charge on any atom is 0.338 e. The van der Waals surface area contributed by atoms with E-state index in [2.05, 4.69) is 36.9 Å². The molecule has 5 rings (SSSR count). The van der Waals surface area contributed by atoms with E-state index in [1.54, 1.807) is 39.2 Å². The number of ether oxygens (including phenoxy) is 4. The average molecular weight is 777 g/mol. The van der Waals surface area contributed by atoms with Gasteiger partial charge in [0.15, 0.2) is 16.3 Å². The number of benzene rings is 3. The number of halogens is 3. The Balaban J connectivity index is 1.58. The quantitative estimate of drug-likeness (QED) is 0.162. The highest BCUT2D eigenvalue weighted by Gasteiger charge is 2.35. The van der Waals surface area contributed by atoms with Crippen LogP contribution < -0.4 is 29.1 Å². The van der Waals surface area contributed by atoms with Crippen molar-refractivity contribution in [2.75, 3.05) is 20.3 Å². The number of aromatic nitrogens is 1. The van der Waals surface area contributed by atoms with Gasteiger partial charge in [-0.2, -0.15) is 0 Å². The van der Waals surface area contributed by atoms with Crippen molar-refractivity contribution in [3.63, 3.8) is 0 Å². The summed E-state index contributed by atoms with van der Waals surface area (Å²) in [4.78, 5) is 32.6. The number of esters is 1. The molecule has 4 aromatic rings. The molecule has 0 saturated heterocycles. The summed E-state index contributed by atoms with van der Waals surface area (Å²) in [5.74, 6) is 1.09. The van der Waals surface area contributed by atoms with Gasteiger partial charge in [0, 0.05) is 15.1 Å². The van der Waals surface area contributed by atoms with Crippen LogP contribution in [0.1, 0.15) is 43.5 Å². The third kappa shape index (κ3) is 6.91. The smallest absolute Gasteiger partial charge is 0.338 e. The Kier molecular flexibility index (Phi) is 10.5. The molecule has 234 valence electrons. The monoisotopic (exact) mass is 774 g/mol. The van der Waals surface area contributed by atoms with Gasteiger partial charge in [-0.05, 0) is 84.2 Å². The van der Waals surface area contributed by atoms with Crippen molar-refractivity contribution in [1.29, 1.82) is 0 Å². The molecule has 2 heterocycles. The highest BCUT2D eigenvalue weighted by atomic mass is 79.9. The highest BCUT2D eigenvalue weighted by Crippen LogP contribution is 2.41. The maximum atomic E-state index is 14.1. The number of rotatable bonds is 10. The summed E-state index contributed by atoms with van der Waals surface area (Å²) in [5.41, 5.74) is 2.72. The van der Waals surface area contributed by atoms with Crippen molar-refractivity contribution in [2.45, 2.75) is 33.4 Å². The lowest BCUT2D eigenvalue weighted by Gasteiger charge is -2.26. The minimum absolute atomic E-state index is 0.174. The van der Waals surface area contributed by atoms with Crippen LogP contribution in [-0.4, -0.2) is 30.9 Å². The van der Waals surface area contributed by atoms with Crippen molar-refractivity contribution in [1.82, 2.24) is 4.57 Å². The van der Waals surface area contributed by atoms with Gasteiger partial charge < -0.3 is 18.9 Å². The minimum atomic E-state index is -0.825. The fourth-order valence-electron chi connectivity index (χ4n) is 4.92. The van der Waals surface area contributed by atoms with Crippen LogP contribution in [0.5, 0.6) is 17.2 Å². The Morgan fingerprint density at radius 3 is 2.49 bits per heavy atom. The molecule has 0 N–H and O–H groups in total. The molecule has 1 atom stereocenters. The molecule has 0 bridgehead atoms. The number of thiazole rings is 1. The Labute approximate surface area is 285 Å². The van der Waals surface area contributed by atoms with E-state index in [0.717, 1.165) is 15.6 Å². The van der Waals surface area contributed by atoms with Crippen molar-refractivity contribution in [2.24, 2.45) is 4.99 Å². The zero-order valence-electron chi connectivity index (χ0n) is 24.9. The zero-order valence-corrected chi connectivity index (χ0v) is 29.6. The lowest BCUT2D eigenvalue weighted by atomic mass is 9.95. The molecule has 0 spiro atoms. The summed E-state index contributed by atoms with van der Waals surface area (Å²) in [6.07, 6.45) is 1.79. The largest absolute Gasteiger partial charge is 0.493 e. The van der Waals surface area contributed by atoms with Crippen molar-refractivity contribution in [3.05, 3.63) is 116 Å². The van der Waals surface area contributed by atoms with Crippen LogP contribution in [0.25, 0.3) is 6.08 Å². The van der Waals surface area contributed by atoms with Crippen LogP contribution in [0.2, 0.25) is 5.02 Å². The first kappa shape index (κ1) is 33.0. The van der Waals surface area contributed by atoms with Gasteiger partial charge in [-0.3, -0.25) is 9.36 Å². The first-order chi connectivity index (χ1) is 21.7. The molecule has 1 aliphatic rings. The van der Waals surface area contributed by atoms with Gasteiger partial charge in [-0.15, -0.1) is 0 Å². The lowest BCUT2D eigenvalue weighted by molar-refractivity contribution is -0.139. The Morgan fingerprint density at radius 2 is 1.80 bits per heavy atom. The van der Waals surface area contributed by atoms with Gasteiger partial charge in [-0.1, -0.05) is 63.1 Å². The molecule has 0 saturated carbocycles. The van der Waals surface area contributed by atoms with E-state index >= 15 is 0 Å². The molecule has 1 aliphatic heterocycles. The van der Waals surface area contributed by atoms with Gasteiger partial charge >= 0.3 is 5.97 Å². The van der Waals surface area contributed by atoms with Crippen LogP contribution in [-0.2, 0) is 16.1 Å². The van der Waals surface area contributed by atoms with Crippen LogP contribution >= 0.6 is 54.8 Å². The van der Waals surface area contributed by atoms with Crippen molar-refractivity contribution < 1.29 is 23.7 Å². The van der Waals surface area contributed by atoms with E-state index in [4.69, 9.17) is 30.5 Å². The molecule has 45 heavy (non-hydrogen) atoms. The highest BCUT2D eigenvalue weighted by molar-refractivity contribution is 9.10. The molecule has 3 aromatic carbocycles. The minimum Gasteiger partial charge on any atom is -0.493 e. The number of hydrogen-bond acceptors (Lipinski definition) is 8. The number of nitrogens with zero attached hydrogens (tertiary/aromatic N) is 2. The second kappa shape index (κ2) is 14.4. The third-order valence-corrected chi connectivity index (χ3v) is 9.65. The summed E-state index contributed by atoms with van der Waals surface area (Å²) in [6.45, 7) is 6.28. The number of fused-ring (bicyclic) bond motifs is 1. The number of methoxy groups -OCH3 is 1. The summed E-state index contributed by atoms with van der Waals surface area (Å²) >= 11 is 14.8. The molecule has 0 fully saturated rings. The molecule has 1 aromatic heterocycles. The third-order valence-electron chi connectivity index (χ3n) is 6.99. The Hall–Kier alpha value is -3.38. The predicted molar refractivity (Wildman–Crippen MR) is 182 cm³/mol. The predicted octanol–water partition coefficient (Wildman–Crippen LogP) is 6.96. The van der Waals surface area contributed by atoms with Gasteiger partial charge in [0.2, 0.25) is 0 Å². The van der Waals surface area contributed by atoms with E-state index in [-0.39, 0.29) is 17.7 Å². The van der Waals surface area contributed by atoms with E-state index in [0.29, 0.717) is 60.6 Å². The zero-order chi connectivity index (χ0) is 32.2. The van der Waals surface area contributed by atoms with Crippen molar-refractivity contribution >= 4 is 66.8 Å². The van der Waals surface area contributed by atoms with Gasteiger partial charge in [0.25, 0.3) is 5.56 Å². The van der Waals surface area contributed by atoms with Gasteiger partial charge in [-0.25, -0.2) is 9.79 Å². The number of hydrogen-bond donors (Lipinski definition) is 0. The maximum absolute atomic E-state index is 14.1. The van der Waals surface area contributed by atoms with E-state index in [1.807, 2.05) is 49.4 Å². The van der Waals surface area contributed by atoms with Crippen LogP contribution in [0, 0.1) is 0 Å². The molecule has 0 radical (unpaired) electrons. The van der Waals surface area contributed by atoms with E-state index in [1.165, 1.54) is 15.9 Å². The fraction of sp³-hybridized carbons (Fsp3) is 0.242. The van der Waals surface area contributed by atoms with Crippen LogP contribution in [0.15, 0.2) is 84.6 Å². The SMILES string of the molecule is CCOC(=O)C1=C(C)N=c2s/c(=C/c3ccc(OCc4ccccc4Cl)c(Br)c3)c(=O)n2[C@@H]1c1cc(OC)c(OCC)cc1Br. The molecular formula is C33H29Br2ClN2O6S. The topological polar surface area (TPSA) is 88.4 Å². The summed E-state index contributed by atoms with van der Waals surface area (Å²) in [5, 5.41) is 0.635.